The van der Waals surface area contributed by atoms with Crippen LogP contribution in [0.1, 0.15) is 13.3 Å². The van der Waals surface area contributed by atoms with Crippen LogP contribution in [0.3, 0.4) is 0 Å². The van der Waals surface area contributed by atoms with Crippen LogP contribution in [0.5, 0.6) is 0 Å². The van der Waals surface area contributed by atoms with Gasteiger partial charge in [0.1, 0.15) is 0 Å². The maximum atomic E-state index is 11.1. The zero-order valence-electron chi connectivity index (χ0n) is 11.2. The van der Waals surface area contributed by atoms with Gasteiger partial charge in [-0.15, -0.1) is 0 Å². The van der Waals surface area contributed by atoms with Crippen molar-refractivity contribution in [2.45, 2.75) is 25.9 Å². The van der Waals surface area contributed by atoms with Crippen molar-refractivity contribution in [3.63, 3.8) is 0 Å². The van der Waals surface area contributed by atoms with Crippen molar-refractivity contribution in [2.75, 3.05) is 5.32 Å². The van der Waals surface area contributed by atoms with Crippen molar-refractivity contribution in [1.82, 2.24) is 14.8 Å². The van der Waals surface area contributed by atoms with Gasteiger partial charge in [-0.3, -0.25) is 9.67 Å². The summed E-state index contributed by atoms with van der Waals surface area (Å²) >= 11 is 0. The smallest absolute Gasteiger partial charge is 0.408 e. The van der Waals surface area contributed by atoms with Crippen molar-refractivity contribution >= 4 is 16.8 Å². The van der Waals surface area contributed by atoms with Gasteiger partial charge in [0.25, 0.3) is 0 Å². The van der Waals surface area contributed by atoms with Crippen molar-refractivity contribution in [1.29, 1.82) is 0 Å². The molecule has 0 spiro atoms. The van der Waals surface area contributed by atoms with Crippen molar-refractivity contribution < 1.29 is 4.42 Å². The predicted molar refractivity (Wildman–Crippen MR) is 76.8 cm³/mol. The molecule has 0 radical (unpaired) electrons. The van der Waals surface area contributed by atoms with Crippen molar-refractivity contribution in [3.05, 3.63) is 47.2 Å². The van der Waals surface area contributed by atoms with Gasteiger partial charge in [-0.05, 0) is 37.6 Å². The molecular formula is C14H16N4O2. The van der Waals surface area contributed by atoms with Gasteiger partial charge < -0.3 is 9.73 Å². The summed E-state index contributed by atoms with van der Waals surface area (Å²) in [6.45, 7) is 2.98. The minimum absolute atomic E-state index is 0.301. The molecule has 0 saturated carbocycles. The Morgan fingerprint density at radius 2 is 2.40 bits per heavy atom. The number of nitrogens with zero attached hydrogens (tertiary/aromatic N) is 2. The summed E-state index contributed by atoms with van der Waals surface area (Å²) < 4.78 is 6.89. The number of oxazole rings is 1. The fourth-order valence-corrected chi connectivity index (χ4v) is 2.16. The molecule has 0 aliphatic carbocycles. The van der Waals surface area contributed by atoms with E-state index in [1.165, 1.54) is 0 Å². The quantitative estimate of drug-likeness (QED) is 0.746. The molecule has 1 atom stereocenters. The Morgan fingerprint density at radius 1 is 1.50 bits per heavy atom. The molecule has 2 heterocycles. The molecule has 2 N–H and O–H groups in total. The molecule has 2 aromatic heterocycles. The van der Waals surface area contributed by atoms with E-state index in [0.29, 0.717) is 17.1 Å². The molecular weight excluding hydrogens is 256 g/mol. The lowest BCUT2D eigenvalue weighted by Crippen LogP contribution is -2.17. The van der Waals surface area contributed by atoms with E-state index in [2.05, 4.69) is 22.3 Å². The standard InChI is InChI=1S/C14H16N4O2/c1-10(5-8-18-7-2-6-15-18)16-11-3-4-13-12(9-11)17-14(19)20-13/h2-4,6-7,9-10,16H,5,8H2,1H3,(H,17,19). The molecule has 0 aliphatic heterocycles. The highest BCUT2D eigenvalue weighted by molar-refractivity contribution is 5.76. The molecule has 0 bridgehead atoms. The highest BCUT2D eigenvalue weighted by Gasteiger charge is 2.05. The fourth-order valence-electron chi connectivity index (χ4n) is 2.16. The average Bonchev–Trinajstić information content (AvgIpc) is 3.04. The van der Waals surface area contributed by atoms with E-state index in [9.17, 15) is 4.79 Å². The van der Waals surface area contributed by atoms with Gasteiger partial charge in [0.15, 0.2) is 5.58 Å². The Kier molecular flexibility index (Phi) is 3.28. The number of aromatic amines is 1. The van der Waals surface area contributed by atoms with Gasteiger partial charge in [0, 0.05) is 30.7 Å². The van der Waals surface area contributed by atoms with E-state index in [1.54, 1.807) is 12.3 Å². The minimum atomic E-state index is -0.427. The lowest BCUT2D eigenvalue weighted by molar-refractivity contribution is 0.545. The second-order valence-corrected chi connectivity index (χ2v) is 4.83. The normalized spacial score (nSPS) is 12.7. The first-order valence-corrected chi connectivity index (χ1v) is 6.57. The largest absolute Gasteiger partial charge is 0.417 e. The Morgan fingerprint density at radius 3 is 3.20 bits per heavy atom. The SMILES string of the molecule is CC(CCn1cccn1)Nc1ccc2oc(=O)[nH]c2c1. The molecule has 1 unspecified atom stereocenters. The molecule has 1 aromatic carbocycles. The molecule has 104 valence electrons. The van der Waals surface area contributed by atoms with Crippen molar-refractivity contribution in [3.8, 4) is 0 Å². The molecule has 6 nitrogen and oxygen atoms in total. The summed E-state index contributed by atoms with van der Waals surface area (Å²) in [4.78, 5) is 13.8. The van der Waals surface area contributed by atoms with Crippen LogP contribution >= 0.6 is 0 Å². The van der Waals surface area contributed by atoms with Gasteiger partial charge in [0.2, 0.25) is 0 Å². The van der Waals surface area contributed by atoms with Crippen LogP contribution in [-0.4, -0.2) is 20.8 Å². The Balaban J connectivity index is 1.64. The van der Waals surface area contributed by atoms with Crippen LogP contribution in [0.25, 0.3) is 11.1 Å². The Hall–Kier alpha value is -2.50. The number of nitrogens with one attached hydrogen (secondary N) is 2. The molecule has 0 fully saturated rings. The first kappa shape index (κ1) is 12.5. The third-order valence-electron chi connectivity index (χ3n) is 3.18. The van der Waals surface area contributed by atoms with E-state index >= 15 is 0 Å². The number of fused-ring (bicyclic) bond motifs is 1. The van der Waals surface area contributed by atoms with E-state index < -0.39 is 5.76 Å². The fraction of sp³-hybridized carbons (Fsp3) is 0.286. The first-order chi connectivity index (χ1) is 9.70. The maximum absolute atomic E-state index is 11.1. The summed E-state index contributed by atoms with van der Waals surface area (Å²) in [5, 5.41) is 7.58. The minimum Gasteiger partial charge on any atom is -0.408 e. The topological polar surface area (TPSA) is 75.8 Å². The summed E-state index contributed by atoms with van der Waals surface area (Å²) in [6, 6.07) is 7.79. The zero-order valence-corrected chi connectivity index (χ0v) is 11.2. The van der Waals surface area contributed by atoms with Gasteiger partial charge in [-0.1, -0.05) is 0 Å². The Bertz CT molecular complexity index is 742. The molecule has 0 amide bonds. The second-order valence-electron chi connectivity index (χ2n) is 4.83. The lowest BCUT2D eigenvalue weighted by atomic mass is 10.2. The number of H-pyrrole nitrogens is 1. The summed E-state index contributed by atoms with van der Waals surface area (Å²) in [7, 11) is 0. The second kappa shape index (κ2) is 5.24. The van der Waals surface area contributed by atoms with Gasteiger partial charge in [0.05, 0.1) is 5.52 Å². The van der Waals surface area contributed by atoms with E-state index in [0.717, 1.165) is 18.7 Å². The Labute approximate surface area is 115 Å². The van der Waals surface area contributed by atoms with Gasteiger partial charge >= 0.3 is 5.76 Å². The predicted octanol–water partition coefficient (Wildman–Crippen LogP) is 2.21. The van der Waals surface area contributed by atoms with E-state index in [1.807, 2.05) is 29.1 Å². The monoisotopic (exact) mass is 272 g/mol. The first-order valence-electron chi connectivity index (χ1n) is 6.57. The third kappa shape index (κ3) is 2.74. The summed E-state index contributed by atoms with van der Waals surface area (Å²) in [5.41, 5.74) is 2.24. The molecule has 3 rings (SSSR count). The van der Waals surface area contributed by atoms with Crippen LogP contribution in [0, 0.1) is 0 Å². The zero-order chi connectivity index (χ0) is 13.9. The van der Waals surface area contributed by atoms with Gasteiger partial charge in [-0.2, -0.15) is 5.10 Å². The number of benzene rings is 1. The summed E-state index contributed by atoms with van der Waals surface area (Å²) in [6.07, 6.45) is 4.69. The molecule has 6 heteroatoms. The third-order valence-corrected chi connectivity index (χ3v) is 3.18. The average molecular weight is 272 g/mol. The van der Waals surface area contributed by atoms with Crippen LogP contribution in [0.2, 0.25) is 0 Å². The molecule has 3 aromatic rings. The number of hydrogen-bond donors (Lipinski definition) is 2. The lowest BCUT2D eigenvalue weighted by Gasteiger charge is -2.15. The number of rotatable bonds is 5. The highest BCUT2D eigenvalue weighted by atomic mass is 16.4. The number of anilines is 1. The van der Waals surface area contributed by atoms with E-state index in [-0.39, 0.29) is 0 Å². The van der Waals surface area contributed by atoms with Crippen LogP contribution in [0.4, 0.5) is 5.69 Å². The molecule has 0 aliphatic rings. The van der Waals surface area contributed by atoms with Crippen molar-refractivity contribution in [2.24, 2.45) is 0 Å². The highest BCUT2D eigenvalue weighted by Crippen LogP contribution is 2.17. The molecule has 20 heavy (non-hydrogen) atoms. The number of hydrogen-bond acceptors (Lipinski definition) is 4. The van der Waals surface area contributed by atoms with Crippen LogP contribution in [0.15, 0.2) is 45.9 Å². The number of aromatic nitrogens is 3. The number of aryl methyl sites for hydroxylation is 1. The van der Waals surface area contributed by atoms with Gasteiger partial charge in [-0.25, -0.2) is 4.79 Å². The van der Waals surface area contributed by atoms with E-state index in [4.69, 9.17) is 4.42 Å². The summed E-state index contributed by atoms with van der Waals surface area (Å²) in [5.74, 6) is -0.427. The van der Waals surface area contributed by atoms with Crippen LogP contribution in [-0.2, 0) is 6.54 Å². The molecule has 0 saturated heterocycles. The van der Waals surface area contributed by atoms with Crippen LogP contribution < -0.4 is 11.1 Å². The maximum Gasteiger partial charge on any atom is 0.417 e.